The summed E-state index contributed by atoms with van der Waals surface area (Å²) in [5.74, 6) is 0.963. The van der Waals surface area contributed by atoms with E-state index in [0.29, 0.717) is 31.1 Å². The Morgan fingerprint density at radius 1 is 1.23 bits per heavy atom. The number of carbonyl (C=O) groups is 1. The first-order valence-corrected chi connectivity index (χ1v) is 5.26. The van der Waals surface area contributed by atoms with Crippen LogP contribution in [-0.2, 0) is 9.53 Å². The zero-order valence-corrected chi connectivity index (χ0v) is 9.14. The molecule has 0 aliphatic carbocycles. The third-order valence-electron chi connectivity index (χ3n) is 1.87. The largest absolute Gasteiger partial charge is 0.381 e. The van der Waals surface area contributed by atoms with Crippen molar-refractivity contribution in [3.63, 3.8) is 0 Å². The molecule has 0 saturated carbocycles. The van der Waals surface area contributed by atoms with Gasteiger partial charge in [-0.3, -0.25) is 4.79 Å². The van der Waals surface area contributed by atoms with Gasteiger partial charge >= 0.3 is 0 Å². The van der Waals surface area contributed by atoms with E-state index in [1.807, 2.05) is 0 Å². The summed E-state index contributed by atoms with van der Waals surface area (Å²) in [5.41, 5.74) is 0. The highest BCUT2D eigenvalue weighted by Gasteiger charge is 2.03. The van der Waals surface area contributed by atoms with Gasteiger partial charge in [-0.1, -0.05) is 20.8 Å². The van der Waals surface area contributed by atoms with Gasteiger partial charge in [0, 0.05) is 19.4 Å². The maximum Gasteiger partial charge on any atom is 0.135 e. The molecule has 13 heavy (non-hydrogen) atoms. The average molecular weight is 186 g/mol. The highest BCUT2D eigenvalue weighted by atomic mass is 16.5. The van der Waals surface area contributed by atoms with Crippen molar-refractivity contribution >= 4 is 5.78 Å². The van der Waals surface area contributed by atoms with Crippen LogP contribution < -0.4 is 0 Å². The van der Waals surface area contributed by atoms with E-state index in [-0.39, 0.29) is 0 Å². The van der Waals surface area contributed by atoms with E-state index in [1.165, 1.54) is 0 Å². The lowest BCUT2D eigenvalue weighted by Crippen LogP contribution is -2.05. The van der Waals surface area contributed by atoms with E-state index in [2.05, 4.69) is 20.8 Å². The fraction of sp³-hybridized carbons (Fsp3) is 0.909. The number of carbonyl (C=O) groups excluding carboxylic acids is 1. The molecule has 0 bridgehead atoms. The smallest absolute Gasteiger partial charge is 0.135 e. The number of Topliss-reactive ketones (excluding diaryl/α,β-unsaturated/α-hetero) is 1. The first-order chi connectivity index (χ1) is 6.16. The first-order valence-electron chi connectivity index (χ1n) is 5.26. The second kappa shape index (κ2) is 8.24. The molecule has 0 unspecified atom stereocenters. The van der Waals surface area contributed by atoms with Crippen molar-refractivity contribution in [1.82, 2.24) is 0 Å². The van der Waals surface area contributed by atoms with E-state index in [4.69, 9.17) is 4.74 Å². The number of ether oxygens (including phenoxy) is 1. The molecule has 0 fully saturated rings. The van der Waals surface area contributed by atoms with Crippen molar-refractivity contribution in [3.05, 3.63) is 0 Å². The summed E-state index contributed by atoms with van der Waals surface area (Å²) in [6, 6.07) is 0. The van der Waals surface area contributed by atoms with Gasteiger partial charge in [-0.2, -0.15) is 0 Å². The van der Waals surface area contributed by atoms with Gasteiger partial charge in [0.2, 0.25) is 0 Å². The van der Waals surface area contributed by atoms with E-state index < -0.39 is 0 Å². The van der Waals surface area contributed by atoms with E-state index in [1.54, 1.807) is 0 Å². The van der Waals surface area contributed by atoms with Crippen LogP contribution in [0.1, 0.15) is 46.5 Å². The molecule has 0 radical (unpaired) electrons. The summed E-state index contributed by atoms with van der Waals surface area (Å²) < 4.78 is 5.24. The van der Waals surface area contributed by atoms with Gasteiger partial charge in [-0.05, 0) is 18.8 Å². The van der Waals surface area contributed by atoms with E-state index >= 15 is 0 Å². The Bertz CT molecular complexity index is 130. The number of ketones is 1. The molecular weight excluding hydrogens is 164 g/mol. The van der Waals surface area contributed by atoms with Crippen LogP contribution in [0.15, 0.2) is 0 Å². The Morgan fingerprint density at radius 2 is 1.92 bits per heavy atom. The Kier molecular flexibility index (Phi) is 8.00. The molecule has 0 aromatic heterocycles. The molecule has 2 heteroatoms. The van der Waals surface area contributed by atoms with Crippen molar-refractivity contribution in [1.29, 1.82) is 0 Å². The summed E-state index contributed by atoms with van der Waals surface area (Å²) in [6.07, 6.45) is 3.34. The molecular formula is C11H22O2. The molecule has 0 aliphatic heterocycles. The third-order valence-corrected chi connectivity index (χ3v) is 1.87. The highest BCUT2D eigenvalue weighted by molar-refractivity contribution is 5.78. The molecule has 0 atom stereocenters. The van der Waals surface area contributed by atoms with E-state index in [0.717, 1.165) is 19.4 Å². The quantitative estimate of drug-likeness (QED) is 0.545. The predicted molar refractivity (Wildman–Crippen MR) is 54.8 cm³/mol. The second-order valence-corrected chi connectivity index (χ2v) is 3.83. The molecule has 0 aromatic carbocycles. The maximum absolute atomic E-state index is 11.2. The fourth-order valence-electron chi connectivity index (χ4n) is 1.01. The van der Waals surface area contributed by atoms with Crippen LogP contribution in [0.3, 0.4) is 0 Å². The molecule has 0 aromatic rings. The minimum Gasteiger partial charge on any atom is -0.381 e. The molecule has 0 saturated heterocycles. The maximum atomic E-state index is 11.2. The van der Waals surface area contributed by atoms with Crippen LogP contribution in [0.5, 0.6) is 0 Å². The summed E-state index contributed by atoms with van der Waals surface area (Å²) in [5, 5.41) is 0. The summed E-state index contributed by atoms with van der Waals surface area (Å²) in [7, 11) is 0. The average Bonchev–Trinajstić information content (AvgIpc) is 2.09. The molecule has 0 N–H and O–H groups in total. The van der Waals surface area contributed by atoms with Gasteiger partial charge in [0.1, 0.15) is 5.78 Å². The summed E-state index contributed by atoms with van der Waals surface area (Å²) >= 11 is 0. The summed E-state index contributed by atoms with van der Waals surface area (Å²) in [6.45, 7) is 7.73. The SMILES string of the molecule is CCCOCCC(=O)CCC(C)C. The Balaban J connectivity index is 3.20. The normalized spacial score (nSPS) is 10.8. The minimum atomic E-state index is 0.338. The molecule has 0 heterocycles. The van der Waals surface area contributed by atoms with Gasteiger partial charge in [0.05, 0.1) is 6.61 Å². The predicted octanol–water partition coefficient (Wildman–Crippen LogP) is 2.81. The number of hydrogen-bond donors (Lipinski definition) is 0. The van der Waals surface area contributed by atoms with Gasteiger partial charge in [0.15, 0.2) is 0 Å². The Morgan fingerprint density at radius 3 is 2.46 bits per heavy atom. The van der Waals surface area contributed by atoms with Crippen molar-refractivity contribution in [3.8, 4) is 0 Å². The minimum absolute atomic E-state index is 0.338. The molecule has 78 valence electrons. The molecule has 0 spiro atoms. The van der Waals surface area contributed by atoms with Crippen LogP contribution >= 0.6 is 0 Å². The number of hydrogen-bond acceptors (Lipinski definition) is 2. The Hall–Kier alpha value is -0.370. The zero-order chi connectivity index (χ0) is 10.1. The van der Waals surface area contributed by atoms with Gasteiger partial charge < -0.3 is 4.74 Å². The topological polar surface area (TPSA) is 26.3 Å². The van der Waals surface area contributed by atoms with Crippen LogP contribution in [0.2, 0.25) is 0 Å². The van der Waals surface area contributed by atoms with Gasteiger partial charge in [0.25, 0.3) is 0 Å². The standard InChI is InChI=1S/C11H22O2/c1-4-8-13-9-7-11(12)6-5-10(2)3/h10H,4-9H2,1-3H3. The van der Waals surface area contributed by atoms with Gasteiger partial charge in [-0.25, -0.2) is 0 Å². The molecule has 2 nitrogen and oxygen atoms in total. The summed E-state index contributed by atoms with van der Waals surface area (Å²) in [4.78, 5) is 11.2. The Labute approximate surface area is 81.7 Å². The van der Waals surface area contributed by atoms with Crippen LogP contribution in [0.25, 0.3) is 0 Å². The first kappa shape index (κ1) is 12.6. The van der Waals surface area contributed by atoms with Crippen LogP contribution in [0, 0.1) is 5.92 Å². The zero-order valence-electron chi connectivity index (χ0n) is 9.14. The fourth-order valence-corrected chi connectivity index (χ4v) is 1.01. The lowest BCUT2D eigenvalue weighted by molar-refractivity contribution is -0.120. The molecule has 0 aliphatic rings. The third kappa shape index (κ3) is 9.54. The lowest BCUT2D eigenvalue weighted by atomic mass is 10.0. The van der Waals surface area contributed by atoms with Crippen molar-refractivity contribution < 1.29 is 9.53 Å². The van der Waals surface area contributed by atoms with Gasteiger partial charge in [-0.15, -0.1) is 0 Å². The van der Waals surface area contributed by atoms with E-state index in [9.17, 15) is 4.79 Å². The molecule has 0 rings (SSSR count). The highest BCUT2D eigenvalue weighted by Crippen LogP contribution is 2.05. The van der Waals surface area contributed by atoms with Crippen molar-refractivity contribution in [2.45, 2.75) is 46.5 Å². The second-order valence-electron chi connectivity index (χ2n) is 3.83. The lowest BCUT2D eigenvalue weighted by Gasteiger charge is -2.04. The van der Waals surface area contributed by atoms with Crippen LogP contribution in [-0.4, -0.2) is 19.0 Å². The van der Waals surface area contributed by atoms with Crippen molar-refractivity contribution in [2.24, 2.45) is 5.92 Å². The van der Waals surface area contributed by atoms with Crippen molar-refractivity contribution in [2.75, 3.05) is 13.2 Å². The monoisotopic (exact) mass is 186 g/mol. The number of rotatable bonds is 8. The molecule has 0 amide bonds. The van der Waals surface area contributed by atoms with Crippen LogP contribution in [0.4, 0.5) is 0 Å².